The Bertz CT molecular complexity index is 503. The van der Waals surface area contributed by atoms with Gasteiger partial charge in [-0.3, -0.25) is 0 Å². The Kier molecular flexibility index (Phi) is 6.62. The van der Waals surface area contributed by atoms with Crippen LogP contribution in [0.25, 0.3) is 0 Å². The lowest BCUT2D eigenvalue weighted by atomic mass is 10.3. The van der Waals surface area contributed by atoms with Crippen LogP contribution in [0.1, 0.15) is 33.1 Å². The van der Waals surface area contributed by atoms with Crippen molar-refractivity contribution >= 4 is 21.6 Å². The fourth-order valence-electron chi connectivity index (χ4n) is 1.63. The third-order valence-electron chi connectivity index (χ3n) is 2.57. The summed E-state index contributed by atoms with van der Waals surface area (Å²) in [5.41, 5.74) is 0. The van der Waals surface area contributed by atoms with Gasteiger partial charge in [0.05, 0.1) is 6.61 Å². The minimum absolute atomic E-state index is 0.0957. The lowest BCUT2D eigenvalue weighted by Gasteiger charge is -2.12. The van der Waals surface area contributed by atoms with Gasteiger partial charge in [0.15, 0.2) is 0 Å². The van der Waals surface area contributed by atoms with Gasteiger partial charge in [0, 0.05) is 11.6 Å². The minimum Gasteiger partial charge on any atom is -0.492 e. The molecule has 108 valence electrons. The molecule has 0 aromatic heterocycles. The molecule has 0 heterocycles. The zero-order chi connectivity index (χ0) is 14.3. The molecule has 0 aliphatic carbocycles. The van der Waals surface area contributed by atoms with Crippen molar-refractivity contribution in [2.24, 2.45) is 0 Å². The molecule has 0 bridgehead atoms. The first-order chi connectivity index (χ1) is 9.01. The molecule has 1 aromatic carbocycles. The number of hydrogen-bond acceptors (Lipinski definition) is 3. The molecule has 1 rings (SSSR count). The van der Waals surface area contributed by atoms with Gasteiger partial charge in [-0.1, -0.05) is 31.4 Å². The van der Waals surface area contributed by atoms with E-state index in [1.165, 1.54) is 6.07 Å². The Morgan fingerprint density at radius 1 is 1.26 bits per heavy atom. The fourth-order valence-corrected chi connectivity index (χ4v) is 3.11. The smallest absolute Gasteiger partial charge is 0.244 e. The number of rotatable bonds is 8. The van der Waals surface area contributed by atoms with Gasteiger partial charge in [0.2, 0.25) is 10.0 Å². The largest absolute Gasteiger partial charge is 0.492 e. The molecule has 0 aliphatic heterocycles. The van der Waals surface area contributed by atoms with Crippen LogP contribution in [0.2, 0.25) is 5.02 Å². The Hall–Kier alpha value is -0.780. The van der Waals surface area contributed by atoms with Crippen molar-refractivity contribution in [1.82, 2.24) is 4.72 Å². The number of unbranched alkanes of at least 4 members (excludes halogenated alkanes) is 2. The van der Waals surface area contributed by atoms with Crippen LogP contribution >= 0.6 is 11.6 Å². The van der Waals surface area contributed by atoms with Crippen molar-refractivity contribution in [2.45, 2.75) is 38.0 Å². The van der Waals surface area contributed by atoms with E-state index in [0.717, 1.165) is 19.3 Å². The molecule has 0 spiro atoms. The van der Waals surface area contributed by atoms with Crippen LogP contribution in [0, 0.1) is 0 Å². The first-order valence-corrected chi connectivity index (χ1v) is 8.29. The lowest BCUT2D eigenvalue weighted by Crippen LogP contribution is -2.25. The van der Waals surface area contributed by atoms with E-state index in [9.17, 15) is 8.42 Å². The molecule has 0 saturated heterocycles. The van der Waals surface area contributed by atoms with Crippen LogP contribution in [-0.2, 0) is 10.0 Å². The van der Waals surface area contributed by atoms with Gasteiger partial charge < -0.3 is 4.74 Å². The minimum atomic E-state index is -3.58. The highest BCUT2D eigenvalue weighted by Crippen LogP contribution is 2.27. The van der Waals surface area contributed by atoms with Crippen LogP contribution in [0.15, 0.2) is 23.1 Å². The Labute approximate surface area is 120 Å². The van der Waals surface area contributed by atoms with E-state index in [1.807, 2.05) is 0 Å². The third-order valence-corrected chi connectivity index (χ3v) is 4.28. The second kappa shape index (κ2) is 7.72. The molecule has 4 nitrogen and oxygen atoms in total. The fraction of sp³-hybridized carbons (Fsp3) is 0.538. The summed E-state index contributed by atoms with van der Waals surface area (Å²) in [6, 6.07) is 4.60. The molecule has 0 radical (unpaired) electrons. The highest BCUT2D eigenvalue weighted by Gasteiger charge is 2.19. The number of ether oxygens (including phenoxy) is 1. The molecular weight excluding hydrogens is 286 g/mol. The van der Waals surface area contributed by atoms with Gasteiger partial charge in [-0.15, -0.1) is 0 Å². The zero-order valence-corrected chi connectivity index (χ0v) is 12.9. The summed E-state index contributed by atoms with van der Waals surface area (Å²) < 4.78 is 32.3. The first kappa shape index (κ1) is 16.3. The summed E-state index contributed by atoms with van der Waals surface area (Å²) in [7, 11) is -3.58. The van der Waals surface area contributed by atoms with Gasteiger partial charge in [0.25, 0.3) is 0 Å². The molecule has 19 heavy (non-hydrogen) atoms. The van der Waals surface area contributed by atoms with Crippen molar-refractivity contribution < 1.29 is 13.2 Å². The highest BCUT2D eigenvalue weighted by molar-refractivity contribution is 7.89. The standard InChI is InChI=1S/C13H20ClNO3S/c1-3-5-6-9-15-19(16,17)13-10-11(14)7-8-12(13)18-4-2/h7-8,10,15H,3-6,9H2,1-2H3. The van der Waals surface area contributed by atoms with Crippen LogP contribution < -0.4 is 9.46 Å². The second-order valence-corrected chi connectivity index (χ2v) is 6.30. The molecule has 0 amide bonds. The average molecular weight is 306 g/mol. The summed E-state index contributed by atoms with van der Waals surface area (Å²) in [5, 5.41) is 0.373. The monoisotopic (exact) mass is 305 g/mol. The summed E-state index contributed by atoms with van der Waals surface area (Å²) in [5.74, 6) is 0.329. The van der Waals surface area contributed by atoms with Crippen molar-refractivity contribution in [2.75, 3.05) is 13.2 Å². The van der Waals surface area contributed by atoms with Gasteiger partial charge in [-0.25, -0.2) is 13.1 Å². The Morgan fingerprint density at radius 2 is 2.00 bits per heavy atom. The Balaban J connectivity index is 2.89. The van der Waals surface area contributed by atoms with Crippen LogP contribution in [-0.4, -0.2) is 21.6 Å². The van der Waals surface area contributed by atoms with Crippen molar-refractivity contribution in [3.05, 3.63) is 23.2 Å². The summed E-state index contributed by atoms with van der Waals surface area (Å²) in [6.45, 7) is 4.70. The van der Waals surface area contributed by atoms with E-state index in [-0.39, 0.29) is 4.90 Å². The first-order valence-electron chi connectivity index (χ1n) is 6.43. The summed E-state index contributed by atoms with van der Waals surface area (Å²) in [6.07, 6.45) is 2.86. The van der Waals surface area contributed by atoms with Gasteiger partial charge in [-0.2, -0.15) is 0 Å². The second-order valence-electron chi connectivity index (χ2n) is 4.13. The number of benzene rings is 1. The van der Waals surface area contributed by atoms with Gasteiger partial charge >= 0.3 is 0 Å². The highest BCUT2D eigenvalue weighted by atomic mass is 35.5. The van der Waals surface area contributed by atoms with Gasteiger partial charge in [0.1, 0.15) is 10.6 Å². The number of halogens is 1. The molecule has 1 N–H and O–H groups in total. The van der Waals surface area contributed by atoms with Crippen molar-refractivity contribution in [3.8, 4) is 5.75 Å². The normalized spacial score (nSPS) is 11.5. The predicted molar refractivity (Wildman–Crippen MR) is 77.3 cm³/mol. The molecule has 6 heteroatoms. The van der Waals surface area contributed by atoms with E-state index < -0.39 is 10.0 Å². The van der Waals surface area contributed by atoms with Crippen LogP contribution in [0.4, 0.5) is 0 Å². The number of nitrogens with one attached hydrogen (secondary N) is 1. The zero-order valence-electron chi connectivity index (χ0n) is 11.3. The maximum absolute atomic E-state index is 12.2. The SMILES string of the molecule is CCCCCNS(=O)(=O)c1cc(Cl)ccc1OCC. The van der Waals surface area contributed by atoms with Crippen LogP contribution in [0.5, 0.6) is 5.75 Å². The average Bonchev–Trinajstić information content (AvgIpc) is 2.37. The van der Waals surface area contributed by atoms with E-state index in [1.54, 1.807) is 19.1 Å². The van der Waals surface area contributed by atoms with E-state index in [0.29, 0.717) is 23.9 Å². The summed E-state index contributed by atoms with van der Waals surface area (Å²) >= 11 is 5.86. The number of hydrogen-bond donors (Lipinski definition) is 1. The molecule has 0 unspecified atom stereocenters. The van der Waals surface area contributed by atoms with Gasteiger partial charge in [-0.05, 0) is 31.5 Å². The molecule has 0 fully saturated rings. The van der Waals surface area contributed by atoms with Crippen LogP contribution in [0.3, 0.4) is 0 Å². The predicted octanol–water partition coefficient (Wildman–Crippen LogP) is 3.21. The summed E-state index contributed by atoms with van der Waals surface area (Å²) in [4.78, 5) is 0.0957. The van der Waals surface area contributed by atoms with E-state index >= 15 is 0 Å². The van der Waals surface area contributed by atoms with Crippen molar-refractivity contribution in [3.63, 3.8) is 0 Å². The molecule has 0 saturated carbocycles. The number of sulfonamides is 1. The molecule has 0 atom stereocenters. The van der Waals surface area contributed by atoms with Crippen molar-refractivity contribution in [1.29, 1.82) is 0 Å². The molecule has 1 aromatic rings. The molecular formula is C13H20ClNO3S. The Morgan fingerprint density at radius 3 is 2.63 bits per heavy atom. The maximum atomic E-state index is 12.2. The lowest BCUT2D eigenvalue weighted by molar-refractivity contribution is 0.331. The third kappa shape index (κ3) is 5.01. The van der Waals surface area contributed by atoms with E-state index in [2.05, 4.69) is 11.6 Å². The maximum Gasteiger partial charge on any atom is 0.244 e. The topological polar surface area (TPSA) is 55.4 Å². The van der Waals surface area contributed by atoms with E-state index in [4.69, 9.17) is 16.3 Å². The molecule has 0 aliphatic rings. The quantitative estimate of drug-likeness (QED) is 0.750.